The number of carbonyl (C=O) groups is 1. The smallest absolute Gasteiger partial charge is 0.242 e. The lowest BCUT2D eigenvalue weighted by Crippen LogP contribution is -2.31. The van der Waals surface area contributed by atoms with Crippen molar-refractivity contribution >= 4 is 5.91 Å². The van der Waals surface area contributed by atoms with Crippen molar-refractivity contribution in [1.82, 2.24) is 9.47 Å². The first kappa shape index (κ1) is 13.1. The van der Waals surface area contributed by atoms with E-state index in [4.69, 9.17) is 0 Å². The van der Waals surface area contributed by atoms with E-state index in [0.717, 1.165) is 31.2 Å². The van der Waals surface area contributed by atoms with E-state index in [-0.39, 0.29) is 5.91 Å². The van der Waals surface area contributed by atoms with Crippen LogP contribution in [0.15, 0.2) is 18.5 Å². The van der Waals surface area contributed by atoms with E-state index in [1.165, 1.54) is 0 Å². The quantitative estimate of drug-likeness (QED) is 0.838. The molecule has 1 aliphatic rings. The van der Waals surface area contributed by atoms with Gasteiger partial charge in [0.15, 0.2) is 0 Å². The molecule has 4 nitrogen and oxygen atoms in total. The summed E-state index contributed by atoms with van der Waals surface area (Å²) in [4.78, 5) is 13.8. The maximum absolute atomic E-state index is 11.9. The Morgan fingerprint density at radius 1 is 1.61 bits per heavy atom. The van der Waals surface area contributed by atoms with Gasteiger partial charge in [-0.2, -0.15) is 0 Å². The second kappa shape index (κ2) is 5.57. The molecule has 0 spiro atoms. The van der Waals surface area contributed by atoms with Crippen molar-refractivity contribution in [2.24, 2.45) is 0 Å². The van der Waals surface area contributed by atoms with Gasteiger partial charge in [0.25, 0.3) is 0 Å². The van der Waals surface area contributed by atoms with Crippen molar-refractivity contribution in [2.75, 3.05) is 7.05 Å². The monoisotopic (exact) mass is 250 g/mol. The molecule has 1 N–H and O–H groups in total. The fourth-order valence-electron chi connectivity index (χ4n) is 2.13. The largest absolute Gasteiger partial charge is 0.388 e. The van der Waals surface area contributed by atoms with Crippen LogP contribution in [0.1, 0.15) is 44.3 Å². The van der Waals surface area contributed by atoms with Gasteiger partial charge in [-0.15, -0.1) is 0 Å². The summed E-state index contributed by atoms with van der Waals surface area (Å²) in [5, 5.41) is 9.87. The molecule has 100 valence electrons. The molecule has 0 radical (unpaired) electrons. The summed E-state index contributed by atoms with van der Waals surface area (Å²) in [7, 11) is 1.87. The van der Waals surface area contributed by atoms with Gasteiger partial charge in [-0.3, -0.25) is 4.79 Å². The van der Waals surface area contributed by atoms with Gasteiger partial charge >= 0.3 is 0 Å². The molecule has 1 atom stereocenters. The number of aliphatic hydroxyl groups excluding tert-OH is 1. The molecule has 0 aromatic carbocycles. The number of nitrogens with zero attached hydrogens (tertiary/aromatic N) is 2. The first-order chi connectivity index (χ1) is 8.61. The predicted octanol–water partition coefficient (Wildman–Crippen LogP) is 1.94. The van der Waals surface area contributed by atoms with E-state index in [1.54, 1.807) is 0 Å². The summed E-state index contributed by atoms with van der Waals surface area (Å²) in [6, 6.07) is 2.35. The average Bonchev–Trinajstić information content (AvgIpc) is 3.09. The molecule has 1 aromatic heterocycles. The van der Waals surface area contributed by atoms with Crippen molar-refractivity contribution in [3.05, 3.63) is 24.0 Å². The Kier molecular flexibility index (Phi) is 4.07. The van der Waals surface area contributed by atoms with Crippen molar-refractivity contribution in [1.29, 1.82) is 0 Å². The maximum atomic E-state index is 11.9. The zero-order valence-corrected chi connectivity index (χ0v) is 11.2. The SMILES string of the molecule is CCCC(O)c1ccn(CC(=O)N(C)C2CC2)c1. The third-order valence-electron chi connectivity index (χ3n) is 3.53. The zero-order chi connectivity index (χ0) is 13.1. The third-order valence-corrected chi connectivity index (χ3v) is 3.53. The Morgan fingerprint density at radius 3 is 2.94 bits per heavy atom. The van der Waals surface area contributed by atoms with Crippen LogP contribution in [0.3, 0.4) is 0 Å². The van der Waals surface area contributed by atoms with Gasteiger partial charge in [0.2, 0.25) is 5.91 Å². The molecular weight excluding hydrogens is 228 g/mol. The molecule has 1 heterocycles. The number of hydrogen-bond acceptors (Lipinski definition) is 2. The molecule has 0 saturated heterocycles. The lowest BCUT2D eigenvalue weighted by molar-refractivity contribution is -0.131. The lowest BCUT2D eigenvalue weighted by Gasteiger charge is -2.16. The van der Waals surface area contributed by atoms with E-state index in [0.29, 0.717) is 12.6 Å². The lowest BCUT2D eigenvalue weighted by atomic mass is 10.1. The van der Waals surface area contributed by atoms with Crippen LogP contribution < -0.4 is 0 Å². The Bertz CT molecular complexity index is 410. The van der Waals surface area contributed by atoms with Gasteiger partial charge in [0.1, 0.15) is 6.54 Å². The molecule has 0 aliphatic heterocycles. The van der Waals surface area contributed by atoms with Crippen LogP contribution in [0, 0.1) is 0 Å². The molecule has 18 heavy (non-hydrogen) atoms. The normalized spacial score (nSPS) is 16.6. The predicted molar refractivity (Wildman–Crippen MR) is 70.1 cm³/mol. The van der Waals surface area contributed by atoms with Crippen LogP contribution >= 0.6 is 0 Å². The third kappa shape index (κ3) is 3.13. The topological polar surface area (TPSA) is 45.5 Å². The Balaban J connectivity index is 1.91. The van der Waals surface area contributed by atoms with E-state index < -0.39 is 6.10 Å². The molecule has 1 unspecified atom stereocenters. The molecule has 1 amide bonds. The zero-order valence-electron chi connectivity index (χ0n) is 11.2. The number of hydrogen-bond donors (Lipinski definition) is 1. The van der Waals surface area contributed by atoms with Crippen LogP contribution in [0.4, 0.5) is 0 Å². The van der Waals surface area contributed by atoms with Gasteiger partial charge in [-0.1, -0.05) is 13.3 Å². The van der Waals surface area contributed by atoms with Crippen molar-refractivity contribution in [3.63, 3.8) is 0 Å². The molecule has 1 saturated carbocycles. The van der Waals surface area contributed by atoms with E-state index >= 15 is 0 Å². The fraction of sp³-hybridized carbons (Fsp3) is 0.643. The first-order valence-corrected chi connectivity index (χ1v) is 6.71. The molecular formula is C14H22N2O2. The van der Waals surface area contributed by atoms with Crippen LogP contribution in [0.5, 0.6) is 0 Å². The second-order valence-electron chi connectivity index (χ2n) is 5.16. The van der Waals surface area contributed by atoms with E-state index in [2.05, 4.69) is 0 Å². The first-order valence-electron chi connectivity index (χ1n) is 6.71. The van der Waals surface area contributed by atoms with Gasteiger partial charge < -0.3 is 14.6 Å². The van der Waals surface area contributed by atoms with Gasteiger partial charge in [0.05, 0.1) is 6.10 Å². The highest BCUT2D eigenvalue weighted by atomic mass is 16.3. The molecule has 4 heteroatoms. The summed E-state index contributed by atoms with van der Waals surface area (Å²) in [5.74, 6) is 0.143. The summed E-state index contributed by atoms with van der Waals surface area (Å²) in [6.07, 6.45) is 7.32. The van der Waals surface area contributed by atoms with Crippen molar-refractivity contribution in [3.8, 4) is 0 Å². The Morgan fingerprint density at radius 2 is 2.33 bits per heavy atom. The number of aromatic nitrogens is 1. The minimum Gasteiger partial charge on any atom is -0.388 e. The summed E-state index contributed by atoms with van der Waals surface area (Å²) in [6.45, 7) is 2.42. The minimum atomic E-state index is -0.410. The summed E-state index contributed by atoms with van der Waals surface area (Å²) in [5.41, 5.74) is 0.902. The molecule has 0 bridgehead atoms. The standard InChI is InChI=1S/C14H22N2O2/c1-3-4-13(17)11-7-8-16(9-11)10-14(18)15(2)12-5-6-12/h7-9,12-13,17H,3-6,10H2,1-2H3. The number of amides is 1. The molecule has 1 aromatic rings. The molecule has 2 rings (SSSR count). The number of aliphatic hydroxyl groups is 1. The average molecular weight is 250 g/mol. The maximum Gasteiger partial charge on any atom is 0.242 e. The Hall–Kier alpha value is -1.29. The fourth-order valence-corrected chi connectivity index (χ4v) is 2.13. The minimum absolute atomic E-state index is 0.143. The highest BCUT2D eigenvalue weighted by molar-refractivity contribution is 5.76. The molecule has 1 aliphatic carbocycles. The number of likely N-dealkylation sites (N-methyl/N-ethyl adjacent to an activating group) is 1. The van der Waals surface area contributed by atoms with Gasteiger partial charge in [-0.25, -0.2) is 0 Å². The summed E-state index contributed by atoms with van der Waals surface area (Å²) >= 11 is 0. The molecule has 1 fully saturated rings. The number of carbonyl (C=O) groups excluding carboxylic acids is 1. The van der Waals surface area contributed by atoms with Crippen molar-refractivity contribution in [2.45, 2.75) is 51.3 Å². The highest BCUT2D eigenvalue weighted by Gasteiger charge is 2.29. The van der Waals surface area contributed by atoms with Crippen LogP contribution in [-0.2, 0) is 11.3 Å². The van der Waals surface area contributed by atoms with Gasteiger partial charge in [-0.05, 0) is 30.9 Å². The van der Waals surface area contributed by atoms with Crippen LogP contribution in [-0.4, -0.2) is 33.6 Å². The Labute approximate surface area is 108 Å². The highest BCUT2D eigenvalue weighted by Crippen LogP contribution is 2.25. The summed E-state index contributed by atoms with van der Waals surface area (Å²) < 4.78 is 1.86. The number of rotatable bonds is 6. The second-order valence-corrected chi connectivity index (χ2v) is 5.16. The van der Waals surface area contributed by atoms with Crippen LogP contribution in [0.25, 0.3) is 0 Å². The van der Waals surface area contributed by atoms with Gasteiger partial charge in [0, 0.05) is 25.5 Å². The van der Waals surface area contributed by atoms with Crippen molar-refractivity contribution < 1.29 is 9.90 Å². The van der Waals surface area contributed by atoms with E-state index in [9.17, 15) is 9.90 Å². The van der Waals surface area contributed by atoms with Crippen LogP contribution in [0.2, 0.25) is 0 Å². The van der Waals surface area contributed by atoms with E-state index in [1.807, 2.05) is 41.9 Å².